The Morgan fingerprint density at radius 2 is 1.79 bits per heavy atom. The van der Waals surface area contributed by atoms with Crippen molar-refractivity contribution in [3.8, 4) is 6.07 Å². The van der Waals surface area contributed by atoms with Gasteiger partial charge in [0.05, 0.1) is 11.7 Å². The summed E-state index contributed by atoms with van der Waals surface area (Å²) in [6.45, 7) is 21.5. The summed E-state index contributed by atoms with van der Waals surface area (Å²) in [6.07, 6.45) is 10.9. The van der Waals surface area contributed by atoms with Crippen LogP contribution in [-0.2, 0) is 14.3 Å². The molecular weight excluding hydrogens is 484 g/mol. The summed E-state index contributed by atoms with van der Waals surface area (Å²) >= 11 is 0. The lowest BCUT2D eigenvalue weighted by Crippen LogP contribution is -2.68. The first-order valence-electron chi connectivity index (χ1n) is 15.1. The SMILES string of the molecule is C=C(N[C@]12CC[C@H](C)CC1C1C(=O)C=C3[C@@]4(C)C=C(C#N)C(=O)C(C)(C)[C@@H]4CC[C@@]3(C)[C@]1(C)CC2)OC(C)C. The van der Waals surface area contributed by atoms with E-state index in [2.05, 4.69) is 45.7 Å². The second-order valence-electron chi connectivity index (χ2n) is 15.1. The number of nitrogens with one attached hydrogen (secondary N) is 1. The predicted molar refractivity (Wildman–Crippen MR) is 153 cm³/mol. The van der Waals surface area contributed by atoms with Crippen LogP contribution < -0.4 is 5.32 Å². The molecule has 3 saturated carbocycles. The van der Waals surface area contributed by atoms with Gasteiger partial charge in [-0.1, -0.05) is 53.2 Å². The van der Waals surface area contributed by atoms with Crippen molar-refractivity contribution in [2.75, 3.05) is 0 Å². The summed E-state index contributed by atoms with van der Waals surface area (Å²) in [5.74, 6) is 1.55. The van der Waals surface area contributed by atoms with Gasteiger partial charge in [-0.15, -0.1) is 0 Å². The molecule has 212 valence electrons. The maximum atomic E-state index is 14.5. The molecule has 0 saturated heterocycles. The molecule has 3 fully saturated rings. The standard InChI is InChI=1S/C34H48N2O3/c1-20(2)39-22(4)36-34-13-10-21(3)16-24(34)28-25(37)17-27-31(7)18-23(19-35)29(38)30(5,6)26(31)11-12-32(27,8)33(28,9)14-15-34/h17-18,20-21,24,26,28,36H,4,10-16H2,1-3,5-9H3/t21-,24?,26-,28?,31-,32+,33+,34-/m0/s1. The van der Waals surface area contributed by atoms with Gasteiger partial charge in [0.15, 0.2) is 17.4 Å². The minimum absolute atomic E-state index is 0.0471. The van der Waals surface area contributed by atoms with Gasteiger partial charge in [0, 0.05) is 22.3 Å². The summed E-state index contributed by atoms with van der Waals surface area (Å²) in [5, 5.41) is 13.7. The fourth-order valence-corrected chi connectivity index (χ4v) is 10.3. The van der Waals surface area contributed by atoms with E-state index in [0.29, 0.717) is 11.8 Å². The van der Waals surface area contributed by atoms with Crippen LogP contribution in [0.2, 0.25) is 0 Å². The Bertz CT molecular complexity index is 1220. The van der Waals surface area contributed by atoms with Crippen molar-refractivity contribution < 1.29 is 14.3 Å². The van der Waals surface area contributed by atoms with Crippen LogP contribution in [0.4, 0.5) is 0 Å². The second-order valence-corrected chi connectivity index (χ2v) is 15.1. The topological polar surface area (TPSA) is 79.2 Å². The zero-order chi connectivity index (χ0) is 28.8. The van der Waals surface area contributed by atoms with Gasteiger partial charge in [-0.25, -0.2) is 0 Å². The Balaban J connectivity index is 1.63. The average Bonchev–Trinajstić information content (AvgIpc) is 2.83. The van der Waals surface area contributed by atoms with Crippen molar-refractivity contribution in [2.24, 2.45) is 45.3 Å². The largest absolute Gasteiger partial charge is 0.477 e. The van der Waals surface area contributed by atoms with E-state index in [1.54, 1.807) is 0 Å². The molecule has 0 radical (unpaired) electrons. The van der Waals surface area contributed by atoms with Crippen molar-refractivity contribution in [1.82, 2.24) is 5.32 Å². The average molecular weight is 533 g/mol. The van der Waals surface area contributed by atoms with E-state index >= 15 is 0 Å². The van der Waals surface area contributed by atoms with Crippen molar-refractivity contribution in [2.45, 2.75) is 112 Å². The van der Waals surface area contributed by atoms with Crippen LogP contribution in [0, 0.1) is 56.7 Å². The zero-order valence-corrected chi connectivity index (χ0v) is 25.4. The minimum Gasteiger partial charge on any atom is -0.477 e. The minimum atomic E-state index is -0.640. The Morgan fingerprint density at radius 1 is 1.10 bits per heavy atom. The molecule has 5 rings (SSSR count). The molecule has 5 heteroatoms. The Labute approximate surface area is 235 Å². The Kier molecular flexibility index (Phi) is 6.38. The van der Waals surface area contributed by atoms with Gasteiger partial charge < -0.3 is 10.1 Å². The van der Waals surface area contributed by atoms with E-state index < -0.39 is 10.8 Å². The fourth-order valence-electron chi connectivity index (χ4n) is 10.3. The molecular formula is C34H48N2O3. The van der Waals surface area contributed by atoms with Crippen LogP contribution in [0.3, 0.4) is 0 Å². The smallest absolute Gasteiger partial charge is 0.179 e. The molecule has 8 atom stereocenters. The fraction of sp³-hybridized carbons (Fsp3) is 0.735. The number of allylic oxidation sites excluding steroid dienone is 4. The lowest BCUT2D eigenvalue weighted by molar-refractivity contribution is -0.159. The number of ether oxygens (including phenoxy) is 1. The van der Waals surface area contributed by atoms with Gasteiger partial charge in [0.2, 0.25) is 0 Å². The third-order valence-electron chi connectivity index (χ3n) is 12.3. The van der Waals surface area contributed by atoms with Gasteiger partial charge in [0.25, 0.3) is 0 Å². The normalized spacial score (nSPS) is 44.5. The summed E-state index contributed by atoms with van der Waals surface area (Å²) in [6, 6.07) is 2.20. The zero-order valence-electron chi connectivity index (χ0n) is 25.4. The van der Waals surface area contributed by atoms with Crippen LogP contribution in [0.25, 0.3) is 0 Å². The summed E-state index contributed by atoms with van der Waals surface area (Å²) in [4.78, 5) is 27.7. The first-order chi connectivity index (χ1) is 18.1. The molecule has 5 aliphatic rings. The molecule has 0 bridgehead atoms. The molecule has 0 amide bonds. The highest BCUT2D eigenvalue weighted by molar-refractivity contribution is 6.04. The number of hydrogen-bond acceptors (Lipinski definition) is 5. The van der Waals surface area contributed by atoms with E-state index in [1.165, 1.54) is 0 Å². The number of nitriles is 1. The summed E-state index contributed by atoms with van der Waals surface area (Å²) < 4.78 is 5.98. The number of rotatable bonds is 4. The number of nitrogens with zero attached hydrogens (tertiary/aromatic N) is 1. The van der Waals surface area contributed by atoms with Crippen molar-refractivity contribution in [3.05, 3.63) is 35.8 Å². The quantitative estimate of drug-likeness (QED) is 0.392. The molecule has 0 aromatic heterocycles. The third-order valence-corrected chi connectivity index (χ3v) is 12.3. The highest BCUT2D eigenvalue weighted by Crippen LogP contribution is 2.73. The van der Waals surface area contributed by atoms with Gasteiger partial charge in [0.1, 0.15) is 6.07 Å². The number of carbonyl (C=O) groups is 2. The maximum absolute atomic E-state index is 14.5. The molecule has 0 aromatic carbocycles. The van der Waals surface area contributed by atoms with E-state index in [9.17, 15) is 14.9 Å². The number of Topliss-reactive ketones (excluding diaryl/α,β-unsaturated/α-hetero) is 1. The Morgan fingerprint density at radius 3 is 2.44 bits per heavy atom. The molecule has 0 aliphatic heterocycles. The lowest BCUT2D eigenvalue weighted by Gasteiger charge is -2.69. The third kappa shape index (κ3) is 3.76. The monoisotopic (exact) mass is 532 g/mol. The molecule has 0 spiro atoms. The number of fused-ring (bicyclic) bond motifs is 7. The molecule has 2 unspecified atom stereocenters. The summed E-state index contributed by atoms with van der Waals surface area (Å²) in [7, 11) is 0. The summed E-state index contributed by atoms with van der Waals surface area (Å²) in [5.41, 5.74) is -0.317. The van der Waals surface area contributed by atoms with E-state index in [4.69, 9.17) is 4.74 Å². The number of ketones is 2. The second kappa shape index (κ2) is 8.82. The van der Waals surface area contributed by atoms with Crippen LogP contribution in [0.5, 0.6) is 0 Å². The van der Waals surface area contributed by atoms with E-state index in [0.717, 1.165) is 50.5 Å². The van der Waals surface area contributed by atoms with Gasteiger partial charge in [-0.3, -0.25) is 9.59 Å². The maximum Gasteiger partial charge on any atom is 0.179 e. The highest BCUT2D eigenvalue weighted by Gasteiger charge is 2.69. The Hall–Kier alpha value is -2.35. The number of carbonyl (C=O) groups excluding carboxylic acids is 2. The first-order valence-corrected chi connectivity index (χ1v) is 15.1. The van der Waals surface area contributed by atoms with Gasteiger partial charge >= 0.3 is 0 Å². The van der Waals surface area contributed by atoms with E-state index in [1.807, 2.05) is 39.8 Å². The van der Waals surface area contributed by atoms with Crippen molar-refractivity contribution in [3.63, 3.8) is 0 Å². The van der Waals surface area contributed by atoms with Crippen LogP contribution in [0.15, 0.2) is 35.8 Å². The highest BCUT2D eigenvalue weighted by atomic mass is 16.5. The van der Waals surface area contributed by atoms with Crippen molar-refractivity contribution >= 4 is 11.6 Å². The van der Waals surface area contributed by atoms with Gasteiger partial charge in [-0.2, -0.15) is 5.26 Å². The van der Waals surface area contributed by atoms with Crippen LogP contribution >= 0.6 is 0 Å². The molecule has 0 aromatic rings. The molecule has 5 aliphatic carbocycles. The molecule has 5 nitrogen and oxygen atoms in total. The molecule has 0 heterocycles. The predicted octanol–water partition coefficient (Wildman–Crippen LogP) is 7.05. The van der Waals surface area contributed by atoms with Crippen molar-refractivity contribution in [1.29, 1.82) is 5.26 Å². The van der Waals surface area contributed by atoms with Crippen LogP contribution in [-0.4, -0.2) is 23.2 Å². The van der Waals surface area contributed by atoms with Crippen LogP contribution in [0.1, 0.15) is 100 Å². The number of hydrogen-bond donors (Lipinski definition) is 1. The van der Waals surface area contributed by atoms with Gasteiger partial charge in [-0.05, 0) is 100 Å². The lowest BCUT2D eigenvalue weighted by atomic mass is 9.35. The first kappa shape index (κ1) is 28.2. The molecule has 1 N–H and O–H groups in total. The van der Waals surface area contributed by atoms with E-state index in [-0.39, 0.29) is 57.4 Å². The molecule has 39 heavy (non-hydrogen) atoms.